The van der Waals surface area contributed by atoms with Crippen LogP contribution >= 0.6 is 0 Å². The number of nitrogens with one attached hydrogen (secondary N) is 1. The number of nitrogens with zero attached hydrogens (tertiary/aromatic N) is 3. The second-order valence-electron chi connectivity index (χ2n) is 6.66. The number of likely N-dealkylation sites (tertiary alicyclic amines) is 1. The predicted molar refractivity (Wildman–Crippen MR) is 96.8 cm³/mol. The van der Waals surface area contributed by atoms with E-state index in [2.05, 4.69) is 52.7 Å². The molecular weight excluding hydrogens is 300 g/mol. The smallest absolute Gasteiger partial charge is 0.0539 e. The fourth-order valence-corrected chi connectivity index (χ4v) is 3.24. The molecule has 0 aliphatic carbocycles. The van der Waals surface area contributed by atoms with Crippen molar-refractivity contribution in [2.75, 3.05) is 25.0 Å². The first-order valence-corrected chi connectivity index (χ1v) is 8.94. The standard InChI is InChI=1S/C19H28N4O/c1-2-23-14-18(12-21-23)11-20-19-5-3-4-17(10-19)13-22-8-6-16(15-24)7-9-22/h3-5,10,12,14,16,20,24H,2,6-9,11,13,15H2,1H3. The number of hydrogen-bond acceptors (Lipinski definition) is 4. The molecule has 0 unspecified atom stereocenters. The highest BCUT2D eigenvalue weighted by atomic mass is 16.3. The molecule has 5 heteroatoms. The number of aliphatic hydroxyl groups excluding tert-OH is 1. The highest BCUT2D eigenvalue weighted by Gasteiger charge is 2.18. The van der Waals surface area contributed by atoms with Gasteiger partial charge in [-0.2, -0.15) is 5.10 Å². The van der Waals surface area contributed by atoms with Gasteiger partial charge in [-0.3, -0.25) is 9.58 Å². The summed E-state index contributed by atoms with van der Waals surface area (Å²) in [5, 5.41) is 17.0. The average molecular weight is 328 g/mol. The van der Waals surface area contributed by atoms with Gasteiger partial charge in [-0.1, -0.05) is 12.1 Å². The number of aryl methyl sites for hydroxylation is 1. The Morgan fingerprint density at radius 2 is 2.08 bits per heavy atom. The molecule has 1 fully saturated rings. The van der Waals surface area contributed by atoms with Gasteiger partial charge in [0.15, 0.2) is 0 Å². The molecule has 1 aliphatic rings. The van der Waals surface area contributed by atoms with Crippen LogP contribution in [-0.4, -0.2) is 39.5 Å². The Labute approximate surface area is 144 Å². The minimum atomic E-state index is 0.335. The van der Waals surface area contributed by atoms with Crippen LogP contribution in [0, 0.1) is 5.92 Å². The van der Waals surface area contributed by atoms with E-state index >= 15 is 0 Å². The summed E-state index contributed by atoms with van der Waals surface area (Å²) < 4.78 is 1.95. The molecule has 0 amide bonds. The third-order valence-corrected chi connectivity index (χ3v) is 4.81. The maximum absolute atomic E-state index is 9.24. The lowest BCUT2D eigenvalue weighted by atomic mass is 9.97. The predicted octanol–water partition coefficient (Wildman–Crippen LogP) is 2.72. The molecule has 3 rings (SSSR count). The third kappa shape index (κ3) is 4.58. The normalized spacial score (nSPS) is 16.4. The maximum atomic E-state index is 9.24. The van der Waals surface area contributed by atoms with Gasteiger partial charge in [-0.05, 0) is 56.5 Å². The van der Waals surface area contributed by atoms with Gasteiger partial charge < -0.3 is 10.4 Å². The van der Waals surface area contributed by atoms with Gasteiger partial charge >= 0.3 is 0 Å². The van der Waals surface area contributed by atoms with Crippen LogP contribution in [0.1, 0.15) is 30.9 Å². The van der Waals surface area contributed by atoms with Gasteiger partial charge in [0, 0.05) is 43.7 Å². The topological polar surface area (TPSA) is 53.3 Å². The van der Waals surface area contributed by atoms with Gasteiger partial charge in [0.25, 0.3) is 0 Å². The van der Waals surface area contributed by atoms with E-state index < -0.39 is 0 Å². The lowest BCUT2D eigenvalue weighted by Crippen LogP contribution is -2.34. The van der Waals surface area contributed by atoms with Crippen LogP contribution in [0.25, 0.3) is 0 Å². The number of anilines is 1. The van der Waals surface area contributed by atoms with Crippen LogP contribution in [0.5, 0.6) is 0 Å². The fraction of sp³-hybridized carbons (Fsp3) is 0.526. The third-order valence-electron chi connectivity index (χ3n) is 4.81. The summed E-state index contributed by atoms with van der Waals surface area (Å²) in [4.78, 5) is 2.48. The summed E-state index contributed by atoms with van der Waals surface area (Å²) in [5.41, 5.74) is 3.70. The molecule has 0 radical (unpaired) electrons. The number of aliphatic hydroxyl groups is 1. The van der Waals surface area contributed by atoms with Crippen LogP contribution in [0.15, 0.2) is 36.7 Å². The van der Waals surface area contributed by atoms with Gasteiger partial charge in [0.05, 0.1) is 6.20 Å². The minimum Gasteiger partial charge on any atom is -0.396 e. The number of aromatic nitrogens is 2. The number of hydrogen-bond donors (Lipinski definition) is 2. The first-order valence-electron chi connectivity index (χ1n) is 8.94. The Morgan fingerprint density at radius 1 is 1.25 bits per heavy atom. The first kappa shape index (κ1) is 17.0. The van der Waals surface area contributed by atoms with Crippen LogP contribution < -0.4 is 5.32 Å². The molecular formula is C19H28N4O. The molecule has 1 aliphatic heterocycles. The van der Waals surface area contributed by atoms with Gasteiger partial charge in [-0.25, -0.2) is 0 Å². The second-order valence-corrected chi connectivity index (χ2v) is 6.66. The van der Waals surface area contributed by atoms with E-state index in [-0.39, 0.29) is 0 Å². The molecule has 0 saturated carbocycles. The summed E-state index contributed by atoms with van der Waals surface area (Å²) >= 11 is 0. The van der Waals surface area contributed by atoms with Crippen molar-refractivity contribution in [1.82, 2.24) is 14.7 Å². The molecule has 1 aromatic heterocycles. The van der Waals surface area contributed by atoms with Gasteiger partial charge in [0.2, 0.25) is 0 Å². The monoisotopic (exact) mass is 328 g/mol. The first-order chi connectivity index (χ1) is 11.8. The van der Waals surface area contributed by atoms with Crippen LogP contribution in [0.4, 0.5) is 5.69 Å². The van der Waals surface area contributed by atoms with E-state index in [1.54, 1.807) is 0 Å². The Hall–Kier alpha value is -1.85. The van der Waals surface area contributed by atoms with Crippen LogP contribution in [0.2, 0.25) is 0 Å². The fourth-order valence-electron chi connectivity index (χ4n) is 3.24. The van der Waals surface area contributed by atoms with Crippen LogP contribution in [0.3, 0.4) is 0 Å². The largest absolute Gasteiger partial charge is 0.396 e. The summed E-state index contributed by atoms with van der Waals surface area (Å²) in [6, 6.07) is 8.67. The summed E-state index contributed by atoms with van der Waals surface area (Å²) in [5.74, 6) is 0.498. The lowest BCUT2D eigenvalue weighted by molar-refractivity contribution is 0.127. The van der Waals surface area contributed by atoms with Crippen molar-refractivity contribution in [2.45, 2.75) is 39.4 Å². The highest BCUT2D eigenvalue weighted by molar-refractivity contribution is 5.46. The average Bonchev–Trinajstić information content (AvgIpc) is 3.09. The number of benzene rings is 1. The summed E-state index contributed by atoms with van der Waals surface area (Å²) in [6.07, 6.45) is 6.22. The Balaban J connectivity index is 1.52. The molecule has 130 valence electrons. The number of piperidine rings is 1. The zero-order valence-electron chi connectivity index (χ0n) is 14.5. The van der Waals surface area contributed by atoms with E-state index in [1.165, 1.54) is 11.1 Å². The second kappa shape index (κ2) is 8.31. The molecule has 5 nitrogen and oxygen atoms in total. The van der Waals surface area contributed by atoms with Crippen molar-refractivity contribution in [3.05, 3.63) is 47.8 Å². The molecule has 0 bridgehead atoms. The Bertz CT molecular complexity index is 632. The van der Waals surface area contributed by atoms with Gasteiger partial charge in [-0.15, -0.1) is 0 Å². The summed E-state index contributed by atoms with van der Waals surface area (Å²) in [6.45, 7) is 7.28. The zero-order valence-corrected chi connectivity index (χ0v) is 14.5. The van der Waals surface area contributed by atoms with Gasteiger partial charge in [0.1, 0.15) is 0 Å². The zero-order chi connectivity index (χ0) is 16.8. The SMILES string of the molecule is CCn1cc(CNc2cccc(CN3CCC(CO)CC3)c2)cn1. The number of rotatable bonds is 7. The van der Waals surface area contributed by atoms with E-state index in [9.17, 15) is 5.11 Å². The molecule has 2 aromatic rings. The van der Waals surface area contributed by atoms with Crippen LogP contribution in [-0.2, 0) is 19.6 Å². The van der Waals surface area contributed by atoms with Crippen molar-refractivity contribution in [3.63, 3.8) is 0 Å². The molecule has 2 N–H and O–H groups in total. The Kier molecular flexibility index (Phi) is 5.88. The molecule has 0 atom stereocenters. The summed E-state index contributed by atoms with van der Waals surface area (Å²) in [7, 11) is 0. The molecule has 0 spiro atoms. The lowest BCUT2D eigenvalue weighted by Gasteiger charge is -2.31. The quantitative estimate of drug-likeness (QED) is 0.820. The highest BCUT2D eigenvalue weighted by Crippen LogP contribution is 2.20. The molecule has 2 heterocycles. The van der Waals surface area contributed by atoms with E-state index in [4.69, 9.17) is 0 Å². The van der Waals surface area contributed by atoms with Crippen molar-refractivity contribution in [1.29, 1.82) is 0 Å². The van der Waals surface area contributed by atoms with E-state index in [0.717, 1.165) is 51.3 Å². The van der Waals surface area contributed by atoms with E-state index in [1.807, 2.05) is 10.9 Å². The molecule has 1 aromatic carbocycles. The Morgan fingerprint density at radius 3 is 2.79 bits per heavy atom. The molecule has 1 saturated heterocycles. The molecule has 24 heavy (non-hydrogen) atoms. The van der Waals surface area contributed by atoms with Crippen molar-refractivity contribution in [2.24, 2.45) is 5.92 Å². The minimum absolute atomic E-state index is 0.335. The van der Waals surface area contributed by atoms with E-state index in [0.29, 0.717) is 12.5 Å². The maximum Gasteiger partial charge on any atom is 0.0539 e. The van der Waals surface area contributed by atoms with Crippen molar-refractivity contribution < 1.29 is 5.11 Å². The van der Waals surface area contributed by atoms with Crippen molar-refractivity contribution >= 4 is 5.69 Å². The van der Waals surface area contributed by atoms with Crippen molar-refractivity contribution in [3.8, 4) is 0 Å².